The lowest BCUT2D eigenvalue weighted by atomic mass is 10.2. The summed E-state index contributed by atoms with van der Waals surface area (Å²) in [7, 11) is 0. The number of aliphatic carboxylic acids is 1. The van der Waals surface area contributed by atoms with E-state index in [-0.39, 0.29) is 11.3 Å². The molecule has 2 N–H and O–H groups in total. The first-order valence-corrected chi connectivity index (χ1v) is 6.37. The second-order valence-electron chi connectivity index (χ2n) is 3.86. The summed E-state index contributed by atoms with van der Waals surface area (Å²) in [5.41, 5.74) is 0.286. The summed E-state index contributed by atoms with van der Waals surface area (Å²) in [6, 6.07) is 4.93. The van der Waals surface area contributed by atoms with Crippen molar-refractivity contribution in [3.8, 4) is 5.75 Å². The summed E-state index contributed by atoms with van der Waals surface area (Å²) in [6.07, 6.45) is -4.77. The molecule has 0 bridgehead atoms. The zero-order chi connectivity index (χ0) is 14.0. The van der Waals surface area contributed by atoms with E-state index in [9.17, 15) is 18.0 Å². The average Bonchev–Trinajstić information content (AvgIpc) is 2.76. The summed E-state index contributed by atoms with van der Waals surface area (Å²) in [4.78, 5) is 10.8. The predicted octanol–water partition coefficient (Wildman–Crippen LogP) is 2.37. The van der Waals surface area contributed by atoms with Crippen LogP contribution in [0.4, 0.5) is 13.2 Å². The largest absolute Gasteiger partial charge is 0.573 e. The summed E-state index contributed by atoms with van der Waals surface area (Å²) in [5.74, 6) is -1.05. The second-order valence-corrected chi connectivity index (χ2v) is 4.99. The van der Waals surface area contributed by atoms with Gasteiger partial charge >= 0.3 is 12.3 Å². The van der Waals surface area contributed by atoms with Crippen molar-refractivity contribution in [3.63, 3.8) is 0 Å². The Morgan fingerprint density at radius 1 is 1.42 bits per heavy atom. The van der Waals surface area contributed by atoms with Crippen molar-refractivity contribution < 1.29 is 27.8 Å². The number of hydrogen-bond acceptors (Lipinski definition) is 4. The van der Waals surface area contributed by atoms with E-state index in [2.05, 4.69) is 10.1 Å². The first-order chi connectivity index (χ1) is 8.87. The SMILES string of the molecule is O=C(O)[C@@H]1CSC(c2ccccc2OC(F)(F)F)N1. The number of ether oxygens (including phenoxy) is 1. The maximum atomic E-state index is 12.3. The van der Waals surface area contributed by atoms with Gasteiger partial charge in [-0.25, -0.2) is 0 Å². The molecule has 0 radical (unpaired) electrons. The molecule has 2 rings (SSSR count). The van der Waals surface area contributed by atoms with E-state index in [4.69, 9.17) is 5.11 Å². The molecule has 0 aromatic heterocycles. The Hall–Kier alpha value is -1.41. The molecule has 1 aliphatic heterocycles. The van der Waals surface area contributed by atoms with Gasteiger partial charge in [-0.3, -0.25) is 10.1 Å². The monoisotopic (exact) mass is 293 g/mol. The van der Waals surface area contributed by atoms with Crippen LogP contribution in [0.2, 0.25) is 0 Å². The van der Waals surface area contributed by atoms with Crippen LogP contribution in [0.25, 0.3) is 0 Å². The lowest BCUT2D eigenvalue weighted by Gasteiger charge is -2.17. The molecule has 2 atom stereocenters. The molecule has 0 amide bonds. The number of carboxylic acids is 1. The maximum absolute atomic E-state index is 12.3. The van der Waals surface area contributed by atoms with Crippen LogP contribution in [0.5, 0.6) is 5.75 Å². The molecule has 0 spiro atoms. The zero-order valence-corrected chi connectivity index (χ0v) is 10.3. The average molecular weight is 293 g/mol. The van der Waals surface area contributed by atoms with Crippen LogP contribution in [-0.2, 0) is 4.79 Å². The van der Waals surface area contributed by atoms with Gasteiger partial charge in [0.2, 0.25) is 0 Å². The molecule has 0 aliphatic carbocycles. The maximum Gasteiger partial charge on any atom is 0.573 e. The number of halogens is 3. The van der Waals surface area contributed by atoms with Crippen LogP contribution < -0.4 is 10.1 Å². The number of nitrogens with one attached hydrogen (secondary N) is 1. The third kappa shape index (κ3) is 3.54. The van der Waals surface area contributed by atoms with Gasteiger partial charge in [0, 0.05) is 11.3 Å². The Bertz CT molecular complexity index is 480. The van der Waals surface area contributed by atoms with Gasteiger partial charge in [-0.1, -0.05) is 18.2 Å². The number of thioether (sulfide) groups is 1. The van der Waals surface area contributed by atoms with Gasteiger partial charge in [0.1, 0.15) is 11.8 Å². The summed E-state index contributed by atoms with van der Waals surface area (Å²) in [5, 5.41) is 11.1. The summed E-state index contributed by atoms with van der Waals surface area (Å²) < 4.78 is 40.7. The molecule has 19 heavy (non-hydrogen) atoms. The third-order valence-electron chi connectivity index (χ3n) is 2.51. The van der Waals surface area contributed by atoms with E-state index in [0.29, 0.717) is 5.75 Å². The van der Waals surface area contributed by atoms with E-state index in [0.717, 1.165) is 0 Å². The number of benzene rings is 1. The highest BCUT2D eigenvalue weighted by atomic mass is 32.2. The van der Waals surface area contributed by atoms with Gasteiger partial charge in [0.25, 0.3) is 0 Å². The van der Waals surface area contributed by atoms with E-state index < -0.39 is 23.7 Å². The Labute approximate surface area is 110 Å². The number of hydrogen-bond donors (Lipinski definition) is 2. The number of carbonyl (C=O) groups is 1. The minimum atomic E-state index is -4.77. The molecular weight excluding hydrogens is 283 g/mol. The smallest absolute Gasteiger partial charge is 0.480 e. The van der Waals surface area contributed by atoms with Gasteiger partial charge in [-0.15, -0.1) is 24.9 Å². The molecule has 1 aromatic carbocycles. The Morgan fingerprint density at radius 3 is 2.68 bits per heavy atom. The first-order valence-electron chi connectivity index (χ1n) is 5.32. The van der Waals surface area contributed by atoms with Gasteiger partial charge < -0.3 is 9.84 Å². The first kappa shape index (κ1) is 14.0. The minimum Gasteiger partial charge on any atom is -0.480 e. The van der Waals surface area contributed by atoms with Crippen molar-refractivity contribution in [1.29, 1.82) is 0 Å². The summed E-state index contributed by atoms with van der Waals surface area (Å²) >= 11 is 1.23. The van der Waals surface area contributed by atoms with Crippen LogP contribution >= 0.6 is 11.8 Å². The topological polar surface area (TPSA) is 58.6 Å². The number of alkyl halides is 3. The highest BCUT2D eigenvalue weighted by molar-refractivity contribution is 7.99. The predicted molar refractivity (Wildman–Crippen MR) is 62.9 cm³/mol. The fourth-order valence-corrected chi connectivity index (χ4v) is 2.97. The van der Waals surface area contributed by atoms with Crippen LogP contribution in [0.3, 0.4) is 0 Å². The molecular formula is C11H10F3NO3S. The van der Waals surface area contributed by atoms with Crippen molar-refractivity contribution in [1.82, 2.24) is 5.32 Å². The Morgan fingerprint density at radius 2 is 2.11 bits per heavy atom. The molecule has 1 aromatic rings. The molecule has 1 saturated heterocycles. The second kappa shape index (κ2) is 5.30. The molecule has 1 heterocycles. The standard InChI is InChI=1S/C11H10F3NO3S/c12-11(13,14)18-8-4-2-1-3-6(8)9-15-7(5-19-9)10(16)17/h1-4,7,9,15H,5H2,(H,16,17)/t7-,9?/m0/s1. The van der Waals surface area contributed by atoms with Crippen molar-refractivity contribution in [3.05, 3.63) is 29.8 Å². The summed E-state index contributed by atoms with van der Waals surface area (Å²) in [6.45, 7) is 0. The highest BCUT2D eigenvalue weighted by Crippen LogP contribution is 2.39. The molecule has 1 unspecified atom stereocenters. The lowest BCUT2D eigenvalue weighted by Crippen LogP contribution is -2.33. The third-order valence-corrected chi connectivity index (χ3v) is 3.76. The molecule has 0 saturated carbocycles. The lowest BCUT2D eigenvalue weighted by molar-refractivity contribution is -0.274. The molecule has 1 aliphatic rings. The Balaban J connectivity index is 2.19. The van der Waals surface area contributed by atoms with Crippen LogP contribution in [-0.4, -0.2) is 29.2 Å². The van der Waals surface area contributed by atoms with Crippen molar-refractivity contribution in [2.24, 2.45) is 0 Å². The highest BCUT2D eigenvalue weighted by Gasteiger charge is 2.35. The van der Waals surface area contributed by atoms with Gasteiger partial charge in [0.15, 0.2) is 0 Å². The van der Waals surface area contributed by atoms with Crippen molar-refractivity contribution >= 4 is 17.7 Å². The fourth-order valence-electron chi connectivity index (χ4n) is 1.71. The van der Waals surface area contributed by atoms with Crippen LogP contribution in [0.15, 0.2) is 24.3 Å². The van der Waals surface area contributed by atoms with Gasteiger partial charge in [-0.05, 0) is 6.07 Å². The number of carboxylic acid groups (broad SMARTS) is 1. The Kier molecular flexibility index (Phi) is 3.91. The molecule has 4 nitrogen and oxygen atoms in total. The van der Waals surface area contributed by atoms with E-state index in [1.165, 1.54) is 30.0 Å². The van der Waals surface area contributed by atoms with E-state index in [1.807, 2.05) is 0 Å². The van der Waals surface area contributed by atoms with Crippen molar-refractivity contribution in [2.75, 3.05) is 5.75 Å². The number of para-hydroxylation sites is 1. The van der Waals surface area contributed by atoms with E-state index in [1.54, 1.807) is 6.07 Å². The molecule has 104 valence electrons. The fraction of sp³-hybridized carbons (Fsp3) is 0.364. The van der Waals surface area contributed by atoms with E-state index >= 15 is 0 Å². The van der Waals surface area contributed by atoms with Crippen LogP contribution in [0, 0.1) is 0 Å². The molecule has 8 heteroatoms. The van der Waals surface area contributed by atoms with Gasteiger partial charge in [-0.2, -0.15) is 0 Å². The van der Waals surface area contributed by atoms with Crippen molar-refractivity contribution in [2.45, 2.75) is 17.8 Å². The minimum absolute atomic E-state index is 0.286. The van der Waals surface area contributed by atoms with Crippen LogP contribution in [0.1, 0.15) is 10.9 Å². The number of rotatable bonds is 3. The van der Waals surface area contributed by atoms with Gasteiger partial charge in [0.05, 0.1) is 5.37 Å². The zero-order valence-electron chi connectivity index (χ0n) is 9.48. The molecule has 1 fully saturated rings. The normalized spacial score (nSPS) is 23.3. The quantitative estimate of drug-likeness (QED) is 0.896.